The number of allylic oxidation sites excluding steroid dienone is 3. The summed E-state index contributed by atoms with van der Waals surface area (Å²) in [5, 5.41) is 0. The van der Waals surface area contributed by atoms with E-state index in [4.69, 9.17) is 9.47 Å². The van der Waals surface area contributed by atoms with E-state index in [1.54, 1.807) is 12.2 Å². The lowest BCUT2D eigenvalue weighted by Crippen LogP contribution is -1.99. The van der Waals surface area contributed by atoms with Gasteiger partial charge < -0.3 is 9.47 Å². The highest BCUT2D eigenvalue weighted by Crippen LogP contribution is 2.15. The average molecular weight is 359 g/mol. The smallest absolute Gasteiger partial charge is 0.331 e. The van der Waals surface area contributed by atoms with Gasteiger partial charge in [0.25, 0.3) is 0 Å². The van der Waals surface area contributed by atoms with Crippen LogP contribution in [0.25, 0.3) is 0 Å². The molecule has 0 saturated heterocycles. The van der Waals surface area contributed by atoms with Crippen LogP contribution in [-0.2, 0) is 9.53 Å². The van der Waals surface area contributed by atoms with Gasteiger partial charge >= 0.3 is 5.97 Å². The van der Waals surface area contributed by atoms with E-state index in [-0.39, 0.29) is 13.2 Å². The van der Waals surface area contributed by atoms with Crippen LogP contribution in [-0.4, -0.2) is 19.2 Å². The highest BCUT2D eigenvalue weighted by Gasteiger charge is 1.92. The fourth-order valence-corrected chi connectivity index (χ4v) is 1.48. The molecular formula is C18H15BrO3. The molecule has 1 rings (SSSR count). The van der Waals surface area contributed by atoms with Crippen LogP contribution < -0.4 is 4.74 Å². The summed E-state index contributed by atoms with van der Waals surface area (Å²) in [4.78, 5) is 11.2. The standard InChI is InChI=1S/C18H15BrO3/c1-2-3-6-9-18(20)22-15-8-5-4-7-14-21-17-12-10-16(19)11-13-17/h2-3,6,9-13H,14-15H2,1H3. The van der Waals surface area contributed by atoms with Gasteiger partial charge in [-0.2, -0.15) is 0 Å². The van der Waals surface area contributed by atoms with Crippen molar-refractivity contribution in [1.29, 1.82) is 0 Å². The maximum absolute atomic E-state index is 11.2. The van der Waals surface area contributed by atoms with Crippen molar-refractivity contribution < 1.29 is 14.3 Å². The molecule has 0 unspecified atom stereocenters. The SMILES string of the molecule is CC=CC=CC(=O)OCC#CC#CCOc1ccc(Br)cc1. The van der Waals surface area contributed by atoms with Crippen LogP contribution in [0.2, 0.25) is 0 Å². The molecule has 0 amide bonds. The van der Waals surface area contributed by atoms with E-state index in [9.17, 15) is 4.79 Å². The highest BCUT2D eigenvalue weighted by atomic mass is 79.9. The zero-order chi connectivity index (χ0) is 16.0. The molecule has 0 fully saturated rings. The fraction of sp³-hybridized carbons (Fsp3) is 0.167. The Morgan fingerprint density at radius 3 is 2.50 bits per heavy atom. The lowest BCUT2D eigenvalue weighted by molar-refractivity contribution is -0.136. The van der Waals surface area contributed by atoms with E-state index in [0.29, 0.717) is 0 Å². The van der Waals surface area contributed by atoms with Crippen LogP contribution in [0.15, 0.2) is 53.0 Å². The summed E-state index contributed by atoms with van der Waals surface area (Å²) in [5.74, 6) is 10.9. The number of benzene rings is 1. The first-order valence-electron chi connectivity index (χ1n) is 6.52. The van der Waals surface area contributed by atoms with Crippen LogP contribution in [0.5, 0.6) is 5.75 Å². The molecule has 0 aliphatic rings. The second-order valence-corrected chi connectivity index (χ2v) is 4.75. The zero-order valence-electron chi connectivity index (χ0n) is 12.1. The number of carbonyl (C=O) groups is 1. The van der Waals surface area contributed by atoms with Gasteiger partial charge in [0.05, 0.1) is 0 Å². The van der Waals surface area contributed by atoms with Crippen molar-refractivity contribution in [2.75, 3.05) is 13.2 Å². The fourth-order valence-electron chi connectivity index (χ4n) is 1.21. The van der Waals surface area contributed by atoms with Gasteiger partial charge in [-0.1, -0.05) is 34.2 Å². The molecule has 3 nitrogen and oxygen atoms in total. The molecule has 0 N–H and O–H groups in total. The zero-order valence-corrected chi connectivity index (χ0v) is 13.7. The first kappa shape index (κ1) is 17.6. The quantitative estimate of drug-likeness (QED) is 0.349. The summed E-state index contributed by atoms with van der Waals surface area (Å²) in [5.41, 5.74) is 0. The van der Waals surface area contributed by atoms with E-state index in [1.165, 1.54) is 6.08 Å². The number of hydrogen-bond acceptors (Lipinski definition) is 3. The van der Waals surface area contributed by atoms with Crippen molar-refractivity contribution in [3.05, 3.63) is 53.0 Å². The Morgan fingerprint density at radius 2 is 1.82 bits per heavy atom. The highest BCUT2D eigenvalue weighted by molar-refractivity contribution is 9.10. The van der Waals surface area contributed by atoms with Crippen LogP contribution >= 0.6 is 15.9 Å². The lowest BCUT2D eigenvalue weighted by atomic mass is 10.3. The lowest BCUT2D eigenvalue weighted by Gasteiger charge is -2.00. The molecule has 0 radical (unpaired) electrons. The van der Waals surface area contributed by atoms with Crippen LogP contribution in [0.3, 0.4) is 0 Å². The Hall–Kier alpha value is -2.43. The normalized spacial score (nSPS) is 9.73. The number of halogens is 1. The first-order valence-corrected chi connectivity index (χ1v) is 7.32. The van der Waals surface area contributed by atoms with Crippen molar-refractivity contribution in [2.45, 2.75) is 6.92 Å². The largest absolute Gasteiger partial charge is 0.481 e. The Balaban J connectivity index is 2.22. The van der Waals surface area contributed by atoms with E-state index in [2.05, 4.69) is 39.6 Å². The van der Waals surface area contributed by atoms with Crippen LogP contribution in [0, 0.1) is 23.7 Å². The number of ether oxygens (including phenoxy) is 2. The molecule has 112 valence electrons. The molecule has 0 bridgehead atoms. The second-order valence-electron chi connectivity index (χ2n) is 3.84. The molecule has 0 saturated carbocycles. The molecule has 0 aliphatic heterocycles. The van der Waals surface area contributed by atoms with Gasteiger partial charge in [-0.05, 0) is 54.9 Å². The molecule has 0 atom stereocenters. The molecule has 0 aliphatic carbocycles. The molecule has 1 aromatic carbocycles. The molecule has 1 aromatic rings. The minimum Gasteiger partial charge on any atom is -0.481 e. The third-order valence-electron chi connectivity index (χ3n) is 2.19. The van der Waals surface area contributed by atoms with Gasteiger partial charge in [0.2, 0.25) is 0 Å². The van der Waals surface area contributed by atoms with Gasteiger partial charge in [0.15, 0.2) is 6.61 Å². The van der Waals surface area contributed by atoms with Crippen molar-refractivity contribution in [3.8, 4) is 29.4 Å². The average Bonchev–Trinajstić information content (AvgIpc) is 2.52. The first-order chi connectivity index (χ1) is 10.7. The molecular weight excluding hydrogens is 344 g/mol. The summed E-state index contributed by atoms with van der Waals surface area (Å²) >= 11 is 3.34. The summed E-state index contributed by atoms with van der Waals surface area (Å²) in [6.07, 6.45) is 6.49. The Labute approximate surface area is 139 Å². The third-order valence-corrected chi connectivity index (χ3v) is 2.72. The Morgan fingerprint density at radius 1 is 1.14 bits per heavy atom. The topological polar surface area (TPSA) is 35.5 Å². The molecule has 4 heteroatoms. The van der Waals surface area contributed by atoms with E-state index in [1.807, 2.05) is 37.3 Å². The number of hydrogen-bond donors (Lipinski definition) is 0. The maximum Gasteiger partial charge on any atom is 0.331 e. The van der Waals surface area contributed by atoms with Gasteiger partial charge in [0.1, 0.15) is 12.4 Å². The van der Waals surface area contributed by atoms with Gasteiger partial charge in [-0.15, -0.1) is 0 Å². The Bertz CT molecular complexity index is 650. The van der Waals surface area contributed by atoms with E-state index < -0.39 is 5.97 Å². The summed E-state index contributed by atoms with van der Waals surface area (Å²) in [6.45, 7) is 2.13. The monoisotopic (exact) mass is 358 g/mol. The second kappa shape index (κ2) is 11.3. The van der Waals surface area contributed by atoms with Crippen molar-refractivity contribution in [2.24, 2.45) is 0 Å². The summed E-state index contributed by atoms with van der Waals surface area (Å²) in [6, 6.07) is 7.47. The van der Waals surface area contributed by atoms with Gasteiger partial charge in [-0.25, -0.2) is 4.79 Å². The molecule has 0 aromatic heterocycles. The predicted octanol–water partition coefficient (Wildman–Crippen LogP) is 3.51. The van der Waals surface area contributed by atoms with Crippen molar-refractivity contribution in [1.82, 2.24) is 0 Å². The Kier molecular flexibility index (Phi) is 9.01. The van der Waals surface area contributed by atoms with Crippen LogP contribution in [0.4, 0.5) is 0 Å². The number of esters is 1. The van der Waals surface area contributed by atoms with Gasteiger partial charge in [0, 0.05) is 10.5 Å². The predicted molar refractivity (Wildman–Crippen MR) is 90.1 cm³/mol. The van der Waals surface area contributed by atoms with E-state index >= 15 is 0 Å². The maximum atomic E-state index is 11.2. The summed E-state index contributed by atoms with van der Waals surface area (Å²) < 4.78 is 11.2. The molecule has 0 spiro atoms. The van der Waals surface area contributed by atoms with E-state index in [0.717, 1.165) is 10.2 Å². The third kappa shape index (κ3) is 8.68. The molecule has 0 heterocycles. The molecule has 22 heavy (non-hydrogen) atoms. The van der Waals surface area contributed by atoms with Crippen LogP contribution in [0.1, 0.15) is 6.92 Å². The van der Waals surface area contributed by atoms with Gasteiger partial charge in [-0.3, -0.25) is 0 Å². The minimum absolute atomic E-state index is 0.0151. The minimum atomic E-state index is -0.432. The number of carbonyl (C=O) groups excluding carboxylic acids is 1. The van der Waals surface area contributed by atoms with Crippen molar-refractivity contribution in [3.63, 3.8) is 0 Å². The summed E-state index contributed by atoms with van der Waals surface area (Å²) in [7, 11) is 0. The van der Waals surface area contributed by atoms with Crippen molar-refractivity contribution >= 4 is 21.9 Å². The number of rotatable bonds is 5.